The molecule has 4 nitrogen and oxygen atoms in total. The van der Waals surface area contributed by atoms with Gasteiger partial charge in [0.2, 0.25) is 5.91 Å². The molecule has 0 aliphatic rings. The van der Waals surface area contributed by atoms with Gasteiger partial charge in [-0.3, -0.25) is 14.6 Å². The first-order valence-electron chi connectivity index (χ1n) is 5.62. The number of nitrogens with one attached hydrogen (secondary N) is 1. The summed E-state index contributed by atoms with van der Waals surface area (Å²) >= 11 is 5.88. The molecule has 19 heavy (non-hydrogen) atoms. The summed E-state index contributed by atoms with van der Waals surface area (Å²) in [5.74, 6) is -0.993. The summed E-state index contributed by atoms with van der Waals surface area (Å²) in [5.41, 5.74) is 0.905. The van der Waals surface area contributed by atoms with Gasteiger partial charge in [0.1, 0.15) is 0 Å². The van der Waals surface area contributed by atoms with Crippen LogP contribution in [0.1, 0.15) is 10.4 Å². The summed E-state index contributed by atoms with van der Waals surface area (Å²) in [6, 6.07) is 11.8. The van der Waals surface area contributed by atoms with E-state index in [4.69, 9.17) is 11.6 Å². The van der Waals surface area contributed by atoms with E-state index in [9.17, 15) is 9.59 Å². The van der Waals surface area contributed by atoms with E-state index in [1.165, 1.54) is 6.20 Å². The van der Waals surface area contributed by atoms with Crippen molar-refractivity contribution in [3.8, 4) is 0 Å². The topological polar surface area (TPSA) is 59.1 Å². The molecule has 0 unspecified atom stereocenters. The van der Waals surface area contributed by atoms with Crippen LogP contribution in [0.4, 0.5) is 5.69 Å². The molecule has 0 fully saturated rings. The predicted molar refractivity (Wildman–Crippen MR) is 73.3 cm³/mol. The third-order valence-electron chi connectivity index (χ3n) is 2.45. The minimum absolute atomic E-state index is 0.406. The van der Waals surface area contributed by atoms with Crippen molar-refractivity contribution in [2.24, 2.45) is 0 Å². The number of ketones is 1. The Bertz CT molecular complexity index is 573. The SMILES string of the molecule is O=C(Nc1cccnc1)[C@H](Cl)C(=O)c1ccccc1. The van der Waals surface area contributed by atoms with Crippen LogP contribution in [0.3, 0.4) is 0 Å². The number of anilines is 1. The highest BCUT2D eigenvalue weighted by atomic mass is 35.5. The number of amides is 1. The molecular formula is C14H11ClN2O2. The fourth-order valence-corrected chi connectivity index (χ4v) is 1.69. The fraction of sp³-hybridized carbons (Fsp3) is 0.0714. The maximum absolute atomic E-state index is 12.0. The van der Waals surface area contributed by atoms with Gasteiger partial charge in [0.05, 0.1) is 11.9 Å². The molecule has 0 radical (unpaired) electrons. The Morgan fingerprint density at radius 3 is 2.47 bits per heavy atom. The summed E-state index contributed by atoms with van der Waals surface area (Å²) in [6.07, 6.45) is 3.07. The van der Waals surface area contributed by atoms with E-state index in [1.807, 2.05) is 0 Å². The number of carbonyl (C=O) groups is 2. The quantitative estimate of drug-likeness (QED) is 0.529. The van der Waals surface area contributed by atoms with Gasteiger partial charge in [0.15, 0.2) is 11.2 Å². The Balaban J connectivity index is 2.06. The van der Waals surface area contributed by atoms with E-state index in [0.29, 0.717) is 11.3 Å². The molecule has 0 bridgehead atoms. The number of Topliss-reactive ketones (excluding diaryl/α,β-unsaturated/α-hetero) is 1. The summed E-state index contributed by atoms with van der Waals surface area (Å²) in [5, 5.41) is 1.28. The van der Waals surface area contributed by atoms with Crippen molar-refractivity contribution in [1.29, 1.82) is 0 Å². The molecule has 2 aromatic rings. The second-order valence-electron chi connectivity index (χ2n) is 3.82. The number of benzene rings is 1. The lowest BCUT2D eigenvalue weighted by Gasteiger charge is -2.09. The maximum Gasteiger partial charge on any atom is 0.250 e. The molecule has 1 aromatic carbocycles. The van der Waals surface area contributed by atoms with Gasteiger partial charge in [-0.15, -0.1) is 11.6 Å². The first-order chi connectivity index (χ1) is 9.18. The largest absolute Gasteiger partial charge is 0.323 e. The predicted octanol–water partition coefficient (Wildman–Crippen LogP) is 2.51. The van der Waals surface area contributed by atoms with E-state index in [-0.39, 0.29) is 0 Å². The number of carbonyl (C=O) groups excluding carboxylic acids is 2. The highest BCUT2D eigenvalue weighted by molar-refractivity contribution is 6.45. The lowest BCUT2D eigenvalue weighted by molar-refractivity contribution is -0.115. The van der Waals surface area contributed by atoms with Crippen molar-refractivity contribution in [3.63, 3.8) is 0 Å². The average Bonchev–Trinajstić information content (AvgIpc) is 2.47. The number of aromatic nitrogens is 1. The monoisotopic (exact) mass is 274 g/mol. The zero-order valence-electron chi connectivity index (χ0n) is 9.92. The molecular weight excluding hydrogens is 264 g/mol. The molecule has 2 rings (SSSR count). The smallest absolute Gasteiger partial charge is 0.250 e. The van der Waals surface area contributed by atoms with Gasteiger partial charge in [-0.25, -0.2) is 0 Å². The molecule has 1 heterocycles. The van der Waals surface area contributed by atoms with Gasteiger partial charge < -0.3 is 5.32 Å². The lowest BCUT2D eigenvalue weighted by atomic mass is 10.1. The summed E-state index contributed by atoms with van der Waals surface area (Å²) in [6.45, 7) is 0. The van der Waals surface area contributed by atoms with Crippen LogP contribution in [0.15, 0.2) is 54.9 Å². The van der Waals surface area contributed by atoms with Crippen molar-refractivity contribution in [3.05, 3.63) is 60.4 Å². The van der Waals surface area contributed by atoms with Crippen molar-refractivity contribution in [2.75, 3.05) is 5.32 Å². The van der Waals surface area contributed by atoms with Gasteiger partial charge in [-0.2, -0.15) is 0 Å². The molecule has 0 aliphatic carbocycles. The van der Waals surface area contributed by atoms with Crippen molar-refractivity contribution >= 4 is 29.0 Å². The molecule has 0 saturated heterocycles. The van der Waals surface area contributed by atoms with Crippen LogP contribution < -0.4 is 5.32 Å². The van der Waals surface area contributed by atoms with Crippen LogP contribution in [0.25, 0.3) is 0 Å². The van der Waals surface area contributed by atoms with E-state index >= 15 is 0 Å². The molecule has 1 N–H and O–H groups in total. The summed E-state index contributed by atoms with van der Waals surface area (Å²) < 4.78 is 0. The summed E-state index contributed by atoms with van der Waals surface area (Å²) in [7, 11) is 0. The fourth-order valence-electron chi connectivity index (χ4n) is 1.51. The van der Waals surface area contributed by atoms with Crippen LogP contribution in [0, 0.1) is 0 Å². The second kappa shape index (κ2) is 6.11. The van der Waals surface area contributed by atoms with Crippen LogP contribution in [0.2, 0.25) is 0 Å². The summed E-state index contributed by atoms with van der Waals surface area (Å²) in [4.78, 5) is 27.7. The maximum atomic E-state index is 12.0. The van der Waals surface area contributed by atoms with E-state index in [2.05, 4.69) is 10.3 Å². The normalized spacial score (nSPS) is 11.6. The number of halogens is 1. The number of rotatable bonds is 4. The third-order valence-corrected chi connectivity index (χ3v) is 2.84. The van der Waals surface area contributed by atoms with Crippen molar-refractivity contribution < 1.29 is 9.59 Å². The number of alkyl halides is 1. The molecule has 96 valence electrons. The molecule has 1 atom stereocenters. The van der Waals surface area contributed by atoms with E-state index < -0.39 is 17.1 Å². The van der Waals surface area contributed by atoms with Crippen LogP contribution in [-0.2, 0) is 4.79 Å². The molecule has 0 saturated carbocycles. The zero-order chi connectivity index (χ0) is 13.7. The standard InChI is InChI=1S/C14H11ClN2O2/c15-12(13(18)10-5-2-1-3-6-10)14(19)17-11-7-4-8-16-9-11/h1-9,12H,(H,17,19)/t12-/m1/s1. The lowest BCUT2D eigenvalue weighted by Crippen LogP contribution is -2.30. The number of hydrogen-bond acceptors (Lipinski definition) is 3. The van der Waals surface area contributed by atoms with Gasteiger partial charge in [-0.05, 0) is 12.1 Å². The van der Waals surface area contributed by atoms with Gasteiger partial charge in [0.25, 0.3) is 0 Å². The highest BCUT2D eigenvalue weighted by Crippen LogP contribution is 2.11. The molecule has 0 aliphatic heterocycles. The van der Waals surface area contributed by atoms with Gasteiger partial charge >= 0.3 is 0 Å². The molecule has 5 heteroatoms. The molecule has 1 amide bonds. The Morgan fingerprint density at radius 1 is 1.11 bits per heavy atom. The van der Waals surface area contributed by atoms with E-state index in [0.717, 1.165) is 0 Å². The van der Waals surface area contributed by atoms with Crippen LogP contribution in [0.5, 0.6) is 0 Å². The van der Waals surface area contributed by atoms with Gasteiger partial charge in [0, 0.05) is 11.8 Å². The van der Waals surface area contributed by atoms with E-state index in [1.54, 1.807) is 48.7 Å². The van der Waals surface area contributed by atoms with Crippen molar-refractivity contribution in [1.82, 2.24) is 4.98 Å². The first-order valence-corrected chi connectivity index (χ1v) is 6.06. The third kappa shape index (κ3) is 3.39. The number of pyridine rings is 1. The zero-order valence-corrected chi connectivity index (χ0v) is 10.7. The Labute approximate surface area is 115 Å². The van der Waals surface area contributed by atoms with Crippen LogP contribution >= 0.6 is 11.6 Å². The molecule has 1 aromatic heterocycles. The Morgan fingerprint density at radius 2 is 1.84 bits per heavy atom. The minimum atomic E-state index is -1.26. The second-order valence-corrected chi connectivity index (χ2v) is 4.26. The first kappa shape index (κ1) is 13.2. The Hall–Kier alpha value is -2.20. The van der Waals surface area contributed by atoms with Crippen LogP contribution in [-0.4, -0.2) is 22.1 Å². The minimum Gasteiger partial charge on any atom is -0.323 e. The van der Waals surface area contributed by atoms with Crippen molar-refractivity contribution in [2.45, 2.75) is 5.38 Å². The molecule has 0 spiro atoms. The average molecular weight is 275 g/mol. The Kier molecular flexibility index (Phi) is 4.26. The number of nitrogens with zero attached hydrogens (tertiary/aromatic N) is 1. The van der Waals surface area contributed by atoms with Gasteiger partial charge in [-0.1, -0.05) is 30.3 Å². The number of hydrogen-bond donors (Lipinski definition) is 1. The highest BCUT2D eigenvalue weighted by Gasteiger charge is 2.25.